The molecule has 6 heteroatoms. The van der Waals surface area contributed by atoms with E-state index in [1.54, 1.807) is 0 Å². The van der Waals surface area contributed by atoms with Crippen LogP contribution < -0.4 is 0 Å². The molecule has 23 heavy (non-hydrogen) atoms. The molecule has 0 bridgehead atoms. The minimum atomic E-state index is 0.665. The maximum atomic E-state index is 5.03. The zero-order valence-electron chi connectivity index (χ0n) is 14.5. The van der Waals surface area contributed by atoms with Crippen LogP contribution in [-0.2, 0) is 19.5 Å². The second-order valence-corrected chi connectivity index (χ2v) is 6.58. The van der Waals surface area contributed by atoms with Crippen LogP contribution in [0.25, 0.3) is 0 Å². The van der Waals surface area contributed by atoms with Gasteiger partial charge >= 0.3 is 0 Å². The predicted molar refractivity (Wildman–Crippen MR) is 88.0 cm³/mol. The van der Waals surface area contributed by atoms with Gasteiger partial charge in [0.1, 0.15) is 0 Å². The smallest absolute Gasteiger partial charge is 0.223 e. The molecule has 126 valence electrons. The summed E-state index contributed by atoms with van der Waals surface area (Å²) in [5.74, 6) is 2.30. The van der Waals surface area contributed by atoms with Crippen molar-refractivity contribution in [3.05, 3.63) is 29.2 Å². The molecular weight excluding hydrogens is 290 g/mol. The largest absolute Gasteiger partial charge is 0.340 e. The predicted octanol–water partition coefficient (Wildman–Crippen LogP) is 2.75. The normalized spacial score (nSPS) is 17.0. The molecule has 0 aliphatic carbocycles. The molecule has 0 N–H and O–H groups in total. The molecule has 3 heterocycles. The maximum absolute atomic E-state index is 5.03. The summed E-state index contributed by atoms with van der Waals surface area (Å²) in [7, 11) is 0. The molecule has 0 saturated carbocycles. The lowest BCUT2D eigenvalue weighted by atomic mass is 9.92. The van der Waals surface area contributed by atoms with Crippen LogP contribution >= 0.6 is 0 Å². The number of hydrogen-bond donors (Lipinski definition) is 0. The fourth-order valence-corrected chi connectivity index (χ4v) is 3.33. The first-order chi connectivity index (χ1) is 11.1. The van der Waals surface area contributed by atoms with E-state index in [2.05, 4.69) is 40.2 Å². The highest BCUT2D eigenvalue weighted by atomic mass is 16.5. The van der Waals surface area contributed by atoms with Crippen molar-refractivity contribution >= 4 is 0 Å². The molecule has 1 aliphatic heterocycles. The number of likely N-dealkylation sites (tertiary alicyclic amines) is 1. The van der Waals surface area contributed by atoms with E-state index in [0.717, 1.165) is 31.3 Å². The summed E-state index contributed by atoms with van der Waals surface area (Å²) in [6.07, 6.45) is 6.82. The zero-order chi connectivity index (χ0) is 16.2. The standard InChI is InChI=1S/C17H27N5O/c1-4-22-12-16(13(2)19-22)11-21-9-7-15(8-10-21)5-6-17-18-14(3)23-20-17/h12,15H,4-11H2,1-3H3. The van der Waals surface area contributed by atoms with Gasteiger partial charge in [-0.05, 0) is 52.1 Å². The SMILES string of the molecule is CCn1cc(CN2CCC(CCc3noc(C)n3)CC2)c(C)n1. The monoisotopic (exact) mass is 317 g/mol. The number of aryl methyl sites for hydroxylation is 4. The average Bonchev–Trinajstić information content (AvgIpc) is 3.13. The lowest BCUT2D eigenvalue weighted by Crippen LogP contribution is -2.33. The van der Waals surface area contributed by atoms with Crippen LogP contribution in [0.4, 0.5) is 0 Å². The van der Waals surface area contributed by atoms with Crippen LogP contribution in [0.2, 0.25) is 0 Å². The van der Waals surface area contributed by atoms with Crippen LogP contribution in [0.1, 0.15) is 49.2 Å². The Kier molecular flexibility index (Phi) is 5.10. The Morgan fingerprint density at radius 2 is 2.04 bits per heavy atom. The summed E-state index contributed by atoms with van der Waals surface area (Å²) in [4.78, 5) is 6.84. The number of nitrogens with zero attached hydrogens (tertiary/aromatic N) is 5. The Bertz CT molecular complexity index is 625. The molecule has 0 radical (unpaired) electrons. The molecule has 0 spiro atoms. The topological polar surface area (TPSA) is 60.0 Å². The van der Waals surface area contributed by atoms with Crippen LogP contribution in [0.15, 0.2) is 10.7 Å². The van der Waals surface area contributed by atoms with Crippen molar-refractivity contribution in [2.45, 2.75) is 59.5 Å². The molecule has 3 rings (SSSR count). The third-order valence-electron chi connectivity index (χ3n) is 4.82. The zero-order valence-corrected chi connectivity index (χ0v) is 14.5. The van der Waals surface area contributed by atoms with Crippen LogP contribution in [0, 0.1) is 19.8 Å². The molecule has 2 aromatic heterocycles. The molecule has 2 aromatic rings. The van der Waals surface area contributed by atoms with Gasteiger partial charge in [0.05, 0.1) is 5.69 Å². The second kappa shape index (κ2) is 7.25. The van der Waals surface area contributed by atoms with Crippen molar-refractivity contribution in [3.8, 4) is 0 Å². The van der Waals surface area contributed by atoms with Crippen LogP contribution in [-0.4, -0.2) is 37.9 Å². The van der Waals surface area contributed by atoms with E-state index >= 15 is 0 Å². The van der Waals surface area contributed by atoms with Crippen LogP contribution in [0.5, 0.6) is 0 Å². The highest BCUT2D eigenvalue weighted by Gasteiger charge is 2.20. The van der Waals surface area contributed by atoms with E-state index in [-0.39, 0.29) is 0 Å². The third-order valence-corrected chi connectivity index (χ3v) is 4.82. The van der Waals surface area contributed by atoms with Gasteiger partial charge in [0.15, 0.2) is 5.82 Å². The molecular formula is C17H27N5O. The molecule has 6 nitrogen and oxygen atoms in total. The quantitative estimate of drug-likeness (QED) is 0.820. The van der Waals surface area contributed by atoms with E-state index in [0.29, 0.717) is 5.89 Å². The Balaban J connectivity index is 1.43. The Hall–Kier alpha value is -1.69. The molecule has 1 aliphatic rings. The van der Waals surface area contributed by atoms with Gasteiger partial charge in [0.2, 0.25) is 5.89 Å². The van der Waals surface area contributed by atoms with Crippen molar-refractivity contribution in [3.63, 3.8) is 0 Å². The minimum Gasteiger partial charge on any atom is -0.340 e. The van der Waals surface area contributed by atoms with Gasteiger partial charge in [0.25, 0.3) is 0 Å². The number of piperidine rings is 1. The van der Waals surface area contributed by atoms with E-state index < -0.39 is 0 Å². The summed E-state index contributed by atoms with van der Waals surface area (Å²) in [5, 5.41) is 8.53. The first-order valence-electron chi connectivity index (χ1n) is 8.68. The minimum absolute atomic E-state index is 0.665. The first kappa shape index (κ1) is 16.2. The fourth-order valence-electron chi connectivity index (χ4n) is 3.33. The van der Waals surface area contributed by atoms with Gasteiger partial charge in [-0.15, -0.1) is 0 Å². The van der Waals surface area contributed by atoms with Crippen molar-refractivity contribution < 1.29 is 4.52 Å². The van der Waals surface area contributed by atoms with Crippen molar-refractivity contribution in [2.75, 3.05) is 13.1 Å². The van der Waals surface area contributed by atoms with Crippen molar-refractivity contribution in [2.24, 2.45) is 5.92 Å². The molecule has 0 atom stereocenters. The maximum Gasteiger partial charge on any atom is 0.223 e. The first-order valence-corrected chi connectivity index (χ1v) is 8.68. The highest BCUT2D eigenvalue weighted by Crippen LogP contribution is 2.23. The molecule has 0 aromatic carbocycles. The van der Waals surface area contributed by atoms with Gasteiger partial charge in [-0.2, -0.15) is 10.1 Å². The summed E-state index contributed by atoms with van der Waals surface area (Å²) in [6.45, 7) is 10.4. The summed E-state index contributed by atoms with van der Waals surface area (Å²) >= 11 is 0. The van der Waals surface area contributed by atoms with Gasteiger partial charge in [-0.3, -0.25) is 9.58 Å². The average molecular weight is 317 g/mol. The van der Waals surface area contributed by atoms with Gasteiger partial charge in [-0.25, -0.2) is 0 Å². The Morgan fingerprint density at radius 1 is 1.26 bits per heavy atom. The van der Waals surface area contributed by atoms with E-state index in [1.165, 1.54) is 43.6 Å². The third kappa shape index (κ3) is 4.19. The van der Waals surface area contributed by atoms with Crippen molar-refractivity contribution in [1.82, 2.24) is 24.8 Å². The van der Waals surface area contributed by atoms with Crippen molar-refractivity contribution in [1.29, 1.82) is 0 Å². The Morgan fingerprint density at radius 3 is 2.65 bits per heavy atom. The lowest BCUT2D eigenvalue weighted by Gasteiger charge is -2.31. The van der Waals surface area contributed by atoms with E-state index in [9.17, 15) is 0 Å². The summed E-state index contributed by atoms with van der Waals surface area (Å²) < 4.78 is 7.07. The summed E-state index contributed by atoms with van der Waals surface area (Å²) in [5.41, 5.74) is 2.54. The fraction of sp³-hybridized carbons (Fsp3) is 0.706. The number of aromatic nitrogens is 4. The molecule has 0 amide bonds. The molecule has 1 fully saturated rings. The molecule has 0 unspecified atom stereocenters. The Labute approximate surface area is 137 Å². The second-order valence-electron chi connectivity index (χ2n) is 6.58. The number of rotatable bonds is 6. The highest BCUT2D eigenvalue weighted by molar-refractivity contribution is 5.15. The van der Waals surface area contributed by atoms with Gasteiger partial charge < -0.3 is 4.52 Å². The van der Waals surface area contributed by atoms with E-state index in [1.807, 2.05) is 11.6 Å². The van der Waals surface area contributed by atoms with Gasteiger partial charge in [0, 0.05) is 38.2 Å². The van der Waals surface area contributed by atoms with E-state index in [4.69, 9.17) is 4.52 Å². The van der Waals surface area contributed by atoms with Crippen LogP contribution in [0.3, 0.4) is 0 Å². The summed E-state index contributed by atoms with van der Waals surface area (Å²) in [6, 6.07) is 0. The van der Waals surface area contributed by atoms with Gasteiger partial charge in [-0.1, -0.05) is 5.16 Å². The number of hydrogen-bond acceptors (Lipinski definition) is 5. The lowest BCUT2D eigenvalue weighted by molar-refractivity contribution is 0.171. The molecule has 1 saturated heterocycles.